The molecule has 6 heteroatoms. The number of carbonyl (C=O) groups excluding carboxylic acids is 2. The van der Waals surface area contributed by atoms with Crippen molar-refractivity contribution in [3.05, 3.63) is 107 Å². The van der Waals surface area contributed by atoms with Gasteiger partial charge < -0.3 is 14.8 Å². The molecule has 2 aliphatic rings. The SMILES string of the molecule is O=C1[C@@H]2Cc3c([nH]c4ccccc34)C(CCc3ccccc3)N2C(=O)CN1Cc1ccc(F)cc1. The number of hydrogen-bond acceptors (Lipinski definition) is 2. The standard InChI is InChI=1S/C29H26FN3O2/c30-21-13-10-20(11-14-21)17-32-18-27(34)33-25(15-12-19-6-2-1-3-7-19)28-23(16-26(33)29(32)35)22-8-4-5-9-24(22)31-28/h1-11,13-14,25-26,31H,12,15-18H2/t25?,26-/m0/s1. The van der Waals surface area contributed by atoms with Crippen molar-refractivity contribution in [3.8, 4) is 0 Å². The van der Waals surface area contributed by atoms with Crippen molar-refractivity contribution in [1.29, 1.82) is 0 Å². The van der Waals surface area contributed by atoms with E-state index in [-0.39, 0.29) is 30.2 Å². The molecule has 0 radical (unpaired) electrons. The van der Waals surface area contributed by atoms with Gasteiger partial charge in [-0.3, -0.25) is 9.59 Å². The third-order valence-corrected chi connectivity index (χ3v) is 7.30. The molecule has 1 aromatic heterocycles. The second-order valence-electron chi connectivity index (χ2n) is 9.44. The first kappa shape index (κ1) is 21.6. The summed E-state index contributed by atoms with van der Waals surface area (Å²) >= 11 is 0. The van der Waals surface area contributed by atoms with Crippen molar-refractivity contribution >= 4 is 22.7 Å². The molecule has 6 rings (SSSR count). The normalized spacial score (nSPS) is 19.7. The number of para-hydroxylation sites is 1. The Morgan fingerprint density at radius 1 is 0.886 bits per heavy atom. The van der Waals surface area contributed by atoms with Gasteiger partial charge in [0, 0.05) is 29.6 Å². The summed E-state index contributed by atoms with van der Waals surface area (Å²) in [6.07, 6.45) is 2.04. The molecule has 176 valence electrons. The van der Waals surface area contributed by atoms with Crippen molar-refractivity contribution in [1.82, 2.24) is 14.8 Å². The monoisotopic (exact) mass is 467 g/mol. The van der Waals surface area contributed by atoms with Gasteiger partial charge in [-0.1, -0.05) is 60.7 Å². The molecule has 0 spiro atoms. The van der Waals surface area contributed by atoms with Crippen LogP contribution in [0.3, 0.4) is 0 Å². The van der Waals surface area contributed by atoms with Gasteiger partial charge in [0.05, 0.1) is 6.04 Å². The quantitative estimate of drug-likeness (QED) is 0.459. The Hall–Kier alpha value is -3.93. The predicted octanol–water partition coefficient (Wildman–Crippen LogP) is 4.78. The number of aromatic nitrogens is 1. The Morgan fingerprint density at radius 2 is 1.63 bits per heavy atom. The molecule has 1 fully saturated rings. The number of halogens is 1. The van der Waals surface area contributed by atoms with E-state index in [9.17, 15) is 14.0 Å². The highest BCUT2D eigenvalue weighted by molar-refractivity contribution is 5.97. The van der Waals surface area contributed by atoms with Gasteiger partial charge in [-0.05, 0) is 47.7 Å². The second-order valence-corrected chi connectivity index (χ2v) is 9.44. The highest BCUT2D eigenvalue weighted by Crippen LogP contribution is 2.41. The van der Waals surface area contributed by atoms with Crippen molar-refractivity contribution in [2.24, 2.45) is 0 Å². The summed E-state index contributed by atoms with van der Waals surface area (Å²) in [6.45, 7) is 0.328. The summed E-state index contributed by atoms with van der Waals surface area (Å²) in [6, 6.07) is 23.8. The van der Waals surface area contributed by atoms with Crippen LogP contribution in [0.1, 0.15) is 34.8 Å². The van der Waals surface area contributed by atoms with Crippen LogP contribution in [-0.2, 0) is 29.0 Å². The summed E-state index contributed by atoms with van der Waals surface area (Å²) in [5, 5.41) is 1.11. The van der Waals surface area contributed by atoms with Crippen LogP contribution >= 0.6 is 0 Å². The number of nitrogens with one attached hydrogen (secondary N) is 1. The van der Waals surface area contributed by atoms with Gasteiger partial charge in [0.1, 0.15) is 18.4 Å². The number of amides is 2. The van der Waals surface area contributed by atoms with Crippen molar-refractivity contribution in [2.75, 3.05) is 6.54 Å². The molecule has 5 nitrogen and oxygen atoms in total. The van der Waals surface area contributed by atoms with Crippen LogP contribution < -0.4 is 0 Å². The molecule has 0 bridgehead atoms. The summed E-state index contributed by atoms with van der Waals surface area (Å²) < 4.78 is 13.4. The number of benzene rings is 3. The van der Waals surface area contributed by atoms with Crippen molar-refractivity contribution < 1.29 is 14.0 Å². The number of aromatic amines is 1. The summed E-state index contributed by atoms with van der Waals surface area (Å²) in [7, 11) is 0. The minimum absolute atomic E-state index is 0.0319. The van der Waals surface area contributed by atoms with E-state index in [0.29, 0.717) is 13.0 Å². The van der Waals surface area contributed by atoms with E-state index in [4.69, 9.17) is 0 Å². The second kappa shape index (κ2) is 8.69. The van der Waals surface area contributed by atoms with Crippen molar-refractivity contribution in [2.45, 2.75) is 37.9 Å². The molecule has 2 atom stereocenters. The zero-order valence-electron chi connectivity index (χ0n) is 19.3. The smallest absolute Gasteiger partial charge is 0.246 e. The number of hydrogen-bond donors (Lipinski definition) is 1. The van der Waals surface area contributed by atoms with Crippen LogP contribution in [0.4, 0.5) is 4.39 Å². The fourth-order valence-electron chi connectivity index (χ4n) is 5.64. The zero-order chi connectivity index (χ0) is 23.9. The van der Waals surface area contributed by atoms with Crippen LogP contribution in [0.5, 0.6) is 0 Å². The van der Waals surface area contributed by atoms with E-state index in [1.165, 1.54) is 17.7 Å². The van der Waals surface area contributed by atoms with E-state index < -0.39 is 6.04 Å². The molecule has 3 heterocycles. The Labute approximate surface area is 203 Å². The highest BCUT2D eigenvalue weighted by Gasteiger charge is 2.47. The lowest BCUT2D eigenvalue weighted by atomic mass is 9.86. The van der Waals surface area contributed by atoms with E-state index in [0.717, 1.165) is 40.6 Å². The van der Waals surface area contributed by atoms with E-state index in [1.54, 1.807) is 17.0 Å². The number of fused-ring (bicyclic) bond motifs is 4. The molecular weight excluding hydrogens is 441 g/mol. The molecule has 0 saturated carbocycles. The zero-order valence-corrected chi connectivity index (χ0v) is 19.3. The number of nitrogens with zero attached hydrogens (tertiary/aromatic N) is 2. The lowest BCUT2D eigenvalue weighted by molar-refractivity contribution is -0.160. The fraction of sp³-hybridized carbons (Fsp3) is 0.241. The average molecular weight is 468 g/mol. The number of H-pyrrole nitrogens is 1. The maximum absolute atomic E-state index is 13.7. The number of rotatable bonds is 5. The maximum Gasteiger partial charge on any atom is 0.246 e. The van der Waals surface area contributed by atoms with Crippen LogP contribution in [0.25, 0.3) is 10.9 Å². The van der Waals surface area contributed by atoms with Crippen LogP contribution in [-0.4, -0.2) is 39.2 Å². The van der Waals surface area contributed by atoms with Gasteiger partial charge in [0.25, 0.3) is 0 Å². The van der Waals surface area contributed by atoms with Gasteiger partial charge in [-0.2, -0.15) is 0 Å². The Bertz CT molecular complexity index is 1400. The average Bonchev–Trinajstić information content (AvgIpc) is 3.25. The van der Waals surface area contributed by atoms with E-state index >= 15 is 0 Å². The van der Waals surface area contributed by atoms with Crippen molar-refractivity contribution in [3.63, 3.8) is 0 Å². The van der Waals surface area contributed by atoms with E-state index in [1.807, 2.05) is 41.3 Å². The molecule has 1 N–H and O–H groups in total. The van der Waals surface area contributed by atoms with Crippen LogP contribution in [0.15, 0.2) is 78.9 Å². The summed E-state index contributed by atoms with van der Waals surface area (Å²) in [5.74, 6) is -0.407. The minimum atomic E-state index is -0.538. The Morgan fingerprint density at radius 3 is 2.43 bits per heavy atom. The Kier molecular flexibility index (Phi) is 5.36. The summed E-state index contributed by atoms with van der Waals surface area (Å²) in [4.78, 5) is 34.3. The fourth-order valence-corrected chi connectivity index (χ4v) is 5.64. The molecule has 4 aromatic rings. The molecule has 1 unspecified atom stereocenters. The third kappa shape index (κ3) is 3.89. The first-order chi connectivity index (χ1) is 17.1. The minimum Gasteiger partial charge on any atom is -0.356 e. The topological polar surface area (TPSA) is 56.4 Å². The van der Waals surface area contributed by atoms with Gasteiger partial charge in [0.15, 0.2) is 0 Å². The maximum atomic E-state index is 13.7. The van der Waals surface area contributed by atoms with Crippen LogP contribution in [0.2, 0.25) is 0 Å². The molecule has 1 saturated heterocycles. The van der Waals surface area contributed by atoms with Gasteiger partial charge >= 0.3 is 0 Å². The highest BCUT2D eigenvalue weighted by atomic mass is 19.1. The van der Waals surface area contributed by atoms with Gasteiger partial charge in [-0.15, -0.1) is 0 Å². The Balaban J connectivity index is 1.35. The first-order valence-electron chi connectivity index (χ1n) is 12.1. The van der Waals surface area contributed by atoms with Crippen LogP contribution in [0, 0.1) is 5.82 Å². The largest absolute Gasteiger partial charge is 0.356 e. The lowest BCUT2D eigenvalue weighted by Crippen LogP contribution is -2.62. The molecule has 2 amide bonds. The molecule has 0 aliphatic carbocycles. The molecule has 3 aromatic carbocycles. The third-order valence-electron chi connectivity index (χ3n) is 7.30. The molecular formula is C29H26FN3O2. The predicted molar refractivity (Wildman–Crippen MR) is 132 cm³/mol. The molecule has 2 aliphatic heterocycles. The first-order valence-corrected chi connectivity index (χ1v) is 12.1. The number of aryl methyl sites for hydroxylation is 1. The summed E-state index contributed by atoms with van der Waals surface area (Å²) in [5.41, 5.74) is 5.23. The van der Waals surface area contributed by atoms with E-state index in [2.05, 4.69) is 23.2 Å². The number of carbonyl (C=O) groups is 2. The lowest BCUT2D eigenvalue weighted by Gasteiger charge is -2.47. The number of piperazine rings is 1. The van der Waals surface area contributed by atoms with Gasteiger partial charge in [0.2, 0.25) is 11.8 Å². The van der Waals surface area contributed by atoms with Gasteiger partial charge in [-0.25, -0.2) is 4.39 Å². The molecule has 35 heavy (non-hydrogen) atoms.